The zero-order valence-electron chi connectivity index (χ0n) is 10.9. The molecular weight excluding hydrogens is 298 g/mol. The number of fused-ring (bicyclic) bond motifs is 2. The largest absolute Gasteiger partial charge is 0.337 e. The Morgan fingerprint density at radius 1 is 1.35 bits per heavy atom. The fourth-order valence-electron chi connectivity index (χ4n) is 2.12. The number of aryl methyl sites for hydroxylation is 1. The van der Waals surface area contributed by atoms with Crippen molar-refractivity contribution in [1.82, 2.24) is 4.98 Å². The molecule has 1 aliphatic heterocycles. The molecule has 1 aromatic carbocycles. The zero-order valence-corrected chi connectivity index (χ0v) is 12.5. The first-order valence-electron chi connectivity index (χ1n) is 5.92. The monoisotopic (exact) mass is 309 g/mol. The molecule has 5 nitrogen and oxygen atoms in total. The molecule has 104 valence electrons. The standard InChI is InChI=1S/C13H12ClN3O2S/c1-8-6-12-10(7-9(8)14)16-13-11(4-3-5-15-13)17(2)20(12,18)19/h3-7H,1-2H3,(H,15,16). The summed E-state index contributed by atoms with van der Waals surface area (Å²) in [5.74, 6) is 0.484. The minimum atomic E-state index is -3.64. The minimum absolute atomic E-state index is 0.194. The Labute approximate surface area is 122 Å². The SMILES string of the molecule is Cc1cc2c(cc1Cl)Nc1ncccc1N(C)S2(=O)=O. The van der Waals surface area contributed by atoms with E-state index in [2.05, 4.69) is 10.3 Å². The van der Waals surface area contributed by atoms with E-state index in [1.165, 1.54) is 11.4 Å². The predicted molar refractivity (Wildman–Crippen MR) is 79.3 cm³/mol. The average Bonchev–Trinajstić information content (AvgIpc) is 2.48. The summed E-state index contributed by atoms with van der Waals surface area (Å²) >= 11 is 6.09. The van der Waals surface area contributed by atoms with Crippen LogP contribution in [-0.2, 0) is 10.0 Å². The summed E-state index contributed by atoms with van der Waals surface area (Å²) in [5, 5.41) is 3.55. The lowest BCUT2D eigenvalue weighted by atomic mass is 10.2. The van der Waals surface area contributed by atoms with Gasteiger partial charge in [0.15, 0.2) is 5.82 Å². The fourth-order valence-corrected chi connectivity index (χ4v) is 3.70. The molecule has 20 heavy (non-hydrogen) atoms. The molecule has 0 radical (unpaired) electrons. The molecule has 1 aromatic heterocycles. The van der Waals surface area contributed by atoms with Crippen LogP contribution in [0.25, 0.3) is 0 Å². The third-order valence-electron chi connectivity index (χ3n) is 3.28. The van der Waals surface area contributed by atoms with Gasteiger partial charge < -0.3 is 5.32 Å². The number of sulfonamides is 1. The van der Waals surface area contributed by atoms with Crippen molar-refractivity contribution in [3.63, 3.8) is 0 Å². The molecule has 0 atom stereocenters. The molecule has 3 rings (SSSR count). The van der Waals surface area contributed by atoms with Gasteiger partial charge in [0, 0.05) is 18.3 Å². The van der Waals surface area contributed by atoms with Crippen LogP contribution in [0.2, 0.25) is 5.02 Å². The van der Waals surface area contributed by atoms with Gasteiger partial charge in [-0.15, -0.1) is 0 Å². The van der Waals surface area contributed by atoms with Gasteiger partial charge in [0.2, 0.25) is 0 Å². The van der Waals surface area contributed by atoms with Gasteiger partial charge in [-0.2, -0.15) is 0 Å². The highest BCUT2D eigenvalue weighted by Gasteiger charge is 2.30. The average molecular weight is 310 g/mol. The zero-order chi connectivity index (χ0) is 14.5. The highest BCUT2D eigenvalue weighted by atomic mass is 35.5. The number of rotatable bonds is 0. The lowest BCUT2D eigenvalue weighted by molar-refractivity contribution is 0.595. The predicted octanol–water partition coefficient (Wildman–Crippen LogP) is 2.93. The fraction of sp³-hybridized carbons (Fsp3) is 0.154. The summed E-state index contributed by atoms with van der Waals surface area (Å²) in [6.07, 6.45) is 1.60. The van der Waals surface area contributed by atoms with Gasteiger partial charge in [0.1, 0.15) is 4.90 Å². The lowest BCUT2D eigenvalue weighted by Gasteiger charge is -2.18. The lowest BCUT2D eigenvalue weighted by Crippen LogP contribution is -2.25. The Morgan fingerprint density at radius 3 is 2.85 bits per heavy atom. The number of pyridine rings is 1. The van der Waals surface area contributed by atoms with Gasteiger partial charge in [0.25, 0.3) is 10.0 Å². The molecule has 0 spiro atoms. The smallest absolute Gasteiger partial charge is 0.266 e. The number of hydrogen-bond donors (Lipinski definition) is 1. The summed E-state index contributed by atoms with van der Waals surface area (Å²) in [6, 6.07) is 6.58. The van der Waals surface area contributed by atoms with Crippen LogP contribution in [0.1, 0.15) is 5.56 Å². The van der Waals surface area contributed by atoms with Gasteiger partial charge in [-0.3, -0.25) is 4.31 Å². The molecule has 0 saturated heterocycles. The Hall–Kier alpha value is -1.79. The van der Waals surface area contributed by atoms with E-state index in [0.29, 0.717) is 27.8 Å². The van der Waals surface area contributed by atoms with Gasteiger partial charge >= 0.3 is 0 Å². The molecule has 0 unspecified atom stereocenters. The van der Waals surface area contributed by atoms with Crippen molar-refractivity contribution in [3.8, 4) is 0 Å². The van der Waals surface area contributed by atoms with Crippen LogP contribution in [0.5, 0.6) is 0 Å². The molecule has 2 heterocycles. The van der Waals surface area contributed by atoms with E-state index in [4.69, 9.17) is 11.6 Å². The first-order valence-corrected chi connectivity index (χ1v) is 7.74. The molecular formula is C13H12ClN3O2S. The van der Waals surface area contributed by atoms with Crippen LogP contribution >= 0.6 is 11.6 Å². The van der Waals surface area contributed by atoms with Gasteiger partial charge in [-0.1, -0.05) is 11.6 Å². The van der Waals surface area contributed by atoms with Crippen molar-refractivity contribution < 1.29 is 8.42 Å². The summed E-state index contributed by atoms with van der Waals surface area (Å²) in [5.41, 5.74) is 1.64. The van der Waals surface area contributed by atoms with E-state index in [0.717, 1.165) is 0 Å². The topological polar surface area (TPSA) is 62.3 Å². The highest BCUT2D eigenvalue weighted by molar-refractivity contribution is 7.93. The van der Waals surface area contributed by atoms with Crippen LogP contribution in [-0.4, -0.2) is 20.4 Å². The van der Waals surface area contributed by atoms with E-state index < -0.39 is 10.0 Å². The maximum absolute atomic E-state index is 12.7. The van der Waals surface area contributed by atoms with E-state index in [1.807, 2.05) is 0 Å². The van der Waals surface area contributed by atoms with E-state index in [9.17, 15) is 8.42 Å². The second kappa shape index (κ2) is 4.36. The maximum atomic E-state index is 12.7. The van der Waals surface area contributed by atoms with Crippen molar-refractivity contribution in [2.24, 2.45) is 0 Å². The van der Waals surface area contributed by atoms with E-state index in [1.54, 1.807) is 37.4 Å². The number of aromatic nitrogens is 1. The quantitative estimate of drug-likeness (QED) is 0.813. The number of nitrogens with zero attached hydrogens (tertiary/aromatic N) is 2. The third kappa shape index (κ3) is 1.83. The Morgan fingerprint density at radius 2 is 2.10 bits per heavy atom. The molecule has 1 N–H and O–H groups in total. The van der Waals surface area contributed by atoms with E-state index in [-0.39, 0.29) is 4.90 Å². The van der Waals surface area contributed by atoms with Crippen molar-refractivity contribution in [2.75, 3.05) is 16.7 Å². The Balaban J connectivity index is 2.35. The first-order chi connectivity index (χ1) is 9.41. The van der Waals surface area contributed by atoms with Crippen LogP contribution in [0, 0.1) is 6.92 Å². The molecule has 0 saturated carbocycles. The minimum Gasteiger partial charge on any atom is -0.337 e. The van der Waals surface area contributed by atoms with Crippen LogP contribution < -0.4 is 9.62 Å². The summed E-state index contributed by atoms with van der Waals surface area (Å²) in [4.78, 5) is 4.38. The molecule has 0 fully saturated rings. The molecule has 0 amide bonds. The Kier molecular flexibility index (Phi) is 2.88. The second-order valence-corrected chi connectivity index (χ2v) is 6.91. The first kappa shape index (κ1) is 13.2. The summed E-state index contributed by atoms with van der Waals surface area (Å²) in [7, 11) is -2.13. The van der Waals surface area contributed by atoms with E-state index >= 15 is 0 Å². The third-order valence-corrected chi connectivity index (χ3v) is 5.50. The second-order valence-electron chi connectivity index (χ2n) is 4.57. The molecule has 7 heteroatoms. The summed E-state index contributed by atoms with van der Waals surface area (Å²) < 4.78 is 26.6. The number of anilines is 3. The van der Waals surface area contributed by atoms with Crippen LogP contribution in [0.4, 0.5) is 17.2 Å². The molecule has 0 bridgehead atoms. The van der Waals surface area contributed by atoms with Crippen molar-refractivity contribution in [2.45, 2.75) is 11.8 Å². The van der Waals surface area contributed by atoms with Crippen molar-refractivity contribution in [1.29, 1.82) is 0 Å². The number of hydrogen-bond acceptors (Lipinski definition) is 4. The number of nitrogens with one attached hydrogen (secondary N) is 1. The highest BCUT2D eigenvalue weighted by Crippen LogP contribution is 2.39. The summed E-state index contributed by atoms with van der Waals surface area (Å²) in [6.45, 7) is 1.77. The normalized spacial score (nSPS) is 15.8. The van der Waals surface area contributed by atoms with Crippen LogP contribution in [0.15, 0.2) is 35.4 Å². The Bertz CT molecular complexity index is 805. The van der Waals surface area contributed by atoms with Gasteiger partial charge in [0.05, 0.1) is 11.4 Å². The van der Waals surface area contributed by atoms with Crippen molar-refractivity contribution >= 4 is 38.8 Å². The van der Waals surface area contributed by atoms with Crippen LogP contribution in [0.3, 0.4) is 0 Å². The van der Waals surface area contributed by atoms with Gasteiger partial charge in [-0.25, -0.2) is 13.4 Å². The molecule has 1 aliphatic rings. The molecule has 2 aromatic rings. The maximum Gasteiger partial charge on any atom is 0.266 e. The molecule has 0 aliphatic carbocycles. The number of benzene rings is 1. The van der Waals surface area contributed by atoms with Crippen molar-refractivity contribution in [3.05, 3.63) is 41.0 Å². The number of halogens is 1. The van der Waals surface area contributed by atoms with Gasteiger partial charge in [-0.05, 0) is 36.8 Å².